The van der Waals surface area contributed by atoms with E-state index in [1.165, 1.54) is 12.2 Å². The lowest BCUT2D eigenvalue weighted by Crippen LogP contribution is -2.63. The molecule has 4 fully saturated rings. The van der Waals surface area contributed by atoms with Crippen molar-refractivity contribution in [1.82, 2.24) is 5.06 Å². The third-order valence-corrected chi connectivity index (χ3v) is 11.9. The van der Waals surface area contributed by atoms with Crippen molar-refractivity contribution < 1.29 is 37.1 Å². The summed E-state index contributed by atoms with van der Waals surface area (Å²) >= 11 is 6.68. The zero-order valence-corrected chi connectivity index (χ0v) is 26.9. The van der Waals surface area contributed by atoms with Crippen LogP contribution in [0.5, 0.6) is 0 Å². The van der Waals surface area contributed by atoms with Crippen LogP contribution >= 0.6 is 23.4 Å². The number of benzene rings is 1. The lowest BCUT2D eigenvalue weighted by atomic mass is 9.46. The van der Waals surface area contributed by atoms with Gasteiger partial charge in [0.05, 0.1) is 12.5 Å². The molecule has 1 N–H and O–H groups in total. The van der Waals surface area contributed by atoms with Gasteiger partial charge in [-0.2, -0.15) is 18.2 Å². The number of aliphatic hydroxyl groups is 1. The Labute approximate surface area is 265 Å². The third-order valence-electron chi connectivity index (χ3n) is 10.7. The van der Waals surface area contributed by atoms with Crippen LogP contribution in [-0.2, 0) is 21.0 Å². The van der Waals surface area contributed by atoms with Gasteiger partial charge in [-0.05, 0) is 66.5 Å². The SMILES string of the molecule is CC.CC12C=CC(=O)C=C1[C@@H](F)CC1C2C(O)CC2(C)C1C[C@H]1CN(Cc3ccc(Cl)cc3)O[C@]12C(=O)SCCC(F)(F)F. The summed E-state index contributed by atoms with van der Waals surface area (Å²) < 4.78 is 54.9. The van der Waals surface area contributed by atoms with Crippen LogP contribution in [0.2, 0.25) is 5.02 Å². The highest BCUT2D eigenvalue weighted by Gasteiger charge is 2.75. The zero-order chi connectivity index (χ0) is 32.2. The molecule has 0 aromatic heterocycles. The molecule has 9 atom stereocenters. The van der Waals surface area contributed by atoms with Crippen LogP contribution < -0.4 is 0 Å². The first-order chi connectivity index (χ1) is 20.7. The molecule has 0 radical (unpaired) electrons. The van der Waals surface area contributed by atoms with Gasteiger partial charge < -0.3 is 5.11 Å². The minimum absolute atomic E-state index is 0.108. The van der Waals surface area contributed by atoms with Crippen LogP contribution in [0.25, 0.3) is 0 Å². The Kier molecular flexibility index (Phi) is 9.28. The number of ketones is 1. The third kappa shape index (κ3) is 5.50. The van der Waals surface area contributed by atoms with Crippen LogP contribution in [-0.4, -0.2) is 57.4 Å². The van der Waals surface area contributed by atoms with Gasteiger partial charge in [-0.3, -0.25) is 14.4 Å². The Bertz CT molecular complexity index is 1340. The quantitative estimate of drug-likeness (QED) is 0.331. The number of rotatable bonds is 5. The average molecular weight is 658 g/mol. The fourth-order valence-electron chi connectivity index (χ4n) is 9.05. The maximum atomic E-state index is 15.8. The van der Waals surface area contributed by atoms with E-state index in [-0.39, 0.29) is 42.3 Å². The van der Waals surface area contributed by atoms with Crippen molar-refractivity contribution in [3.63, 3.8) is 0 Å². The number of carbonyl (C=O) groups is 2. The molecule has 6 rings (SSSR count). The van der Waals surface area contributed by atoms with Gasteiger partial charge in [0, 0.05) is 46.5 Å². The summed E-state index contributed by atoms with van der Waals surface area (Å²) in [4.78, 5) is 32.8. The summed E-state index contributed by atoms with van der Waals surface area (Å²) in [6, 6.07) is 7.21. The molecule has 3 saturated carbocycles. The highest BCUT2D eigenvalue weighted by atomic mass is 35.5. The fourth-order valence-corrected chi connectivity index (χ4v) is 10.3. The molecule has 242 valence electrons. The van der Waals surface area contributed by atoms with Crippen LogP contribution in [0.1, 0.15) is 58.9 Å². The zero-order valence-electron chi connectivity index (χ0n) is 25.4. The summed E-state index contributed by atoms with van der Waals surface area (Å²) in [5.41, 5.74) is -1.98. The van der Waals surface area contributed by atoms with Gasteiger partial charge in [0.15, 0.2) is 11.4 Å². The van der Waals surface area contributed by atoms with E-state index in [1.54, 1.807) is 23.3 Å². The Morgan fingerprint density at radius 2 is 1.86 bits per heavy atom. The Morgan fingerprint density at radius 3 is 2.52 bits per heavy atom. The van der Waals surface area contributed by atoms with Gasteiger partial charge in [-0.15, -0.1) is 0 Å². The molecule has 0 amide bonds. The summed E-state index contributed by atoms with van der Waals surface area (Å²) in [6.45, 7) is 8.49. The van der Waals surface area contributed by atoms with E-state index in [0.29, 0.717) is 41.9 Å². The van der Waals surface area contributed by atoms with Crippen molar-refractivity contribution in [3.05, 3.63) is 58.7 Å². The minimum atomic E-state index is -4.40. The number of alkyl halides is 4. The smallest absolute Gasteiger partial charge is 0.389 e. The van der Waals surface area contributed by atoms with E-state index < -0.39 is 52.2 Å². The van der Waals surface area contributed by atoms with Crippen molar-refractivity contribution in [1.29, 1.82) is 0 Å². The molecular formula is C33H40ClF4NO4S. The predicted molar refractivity (Wildman–Crippen MR) is 162 cm³/mol. The molecule has 0 bridgehead atoms. The summed E-state index contributed by atoms with van der Waals surface area (Å²) in [5, 5.41) is 13.6. The number of thioether (sulfide) groups is 1. The second-order valence-corrected chi connectivity index (χ2v) is 14.5. The molecule has 5 aliphatic rings. The maximum absolute atomic E-state index is 15.8. The number of halogens is 5. The molecule has 0 spiro atoms. The second-order valence-electron chi connectivity index (χ2n) is 13.0. The topological polar surface area (TPSA) is 66.8 Å². The lowest BCUT2D eigenvalue weighted by Gasteiger charge is -2.60. The van der Waals surface area contributed by atoms with Crippen molar-refractivity contribution in [3.8, 4) is 0 Å². The lowest BCUT2D eigenvalue weighted by molar-refractivity contribution is -0.250. The Morgan fingerprint density at radius 1 is 1.18 bits per heavy atom. The average Bonchev–Trinajstić information content (AvgIpc) is 3.43. The van der Waals surface area contributed by atoms with Crippen molar-refractivity contribution in [2.45, 2.75) is 84.0 Å². The van der Waals surface area contributed by atoms with Gasteiger partial charge in [0.25, 0.3) is 0 Å². The van der Waals surface area contributed by atoms with Gasteiger partial charge in [0.2, 0.25) is 5.12 Å². The maximum Gasteiger partial charge on any atom is 0.389 e. The van der Waals surface area contributed by atoms with Gasteiger partial charge in [-0.25, -0.2) is 4.39 Å². The van der Waals surface area contributed by atoms with Crippen molar-refractivity contribution >= 4 is 34.3 Å². The minimum Gasteiger partial charge on any atom is -0.393 e. The summed E-state index contributed by atoms with van der Waals surface area (Å²) in [6.07, 6.45) is -2.50. The van der Waals surface area contributed by atoms with Gasteiger partial charge in [0.1, 0.15) is 6.17 Å². The standard InChI is InChI=1S/C31H34ClF4NO4S.C2H6/c1-28-8-7-20(38)12-23(28)24(33)13-21-22-11-18-16-37(15-17-3-5-19(32)6-4-17)41-31(18,27(40)42-10-9-30(34,35)36)29(22,2)14-25(39)26(21)28;1-2/h3-8,12,18,21-22,24-26,39H,9-11,13-16H2,1-2H3;1-2H3/t18-,21?,22?,24-,25?,26?,28?,29?,31-;/m0./s1. The molecule has 1 aromatic carbocycles. The van der Waals surface area contributed by atoms with E-state index in [2.05, 4.69) is 0 Å². The Balaban J connectivity index is 0.00000188. The van der Waals surface area contributed by atoms with Gasteiger partial charge >= 0.3 is 6.18 Å². The van der Waals surface area contributed by atoms with Crippen molar-refractivity contribution in [2.75, 3.05) is 12.3 Å². The number of carbonyl (C=O) groups excluding carboxylic acids is 2. The number of fused-ring (bicyclic) bond motifs is 7. The molecule has 6 unspecified atom stereocenters. The molecular weight excluding hydrogens is 618 g/mol. The van der Waals surface area contributed by atoms with Crippen LogP contribution in [0.4, 0.5) is 17.6 Å². The number of nitrogens with zero attached hydrogens (tertiary/aromatic N) is 1. The second kappa shape index (κ2) is 12.1. The molecule has 5 nitrogen and oxygen atoms in total. The van der Waals surface area contributed by atoms with Crippen LogP contribution in [0.3, 0.4) is 0 Å². The molecule has 4 aliphatic carbocycles. The van der Waals surface area contributed by atoms with E-state index >= 15 is 4.39 Å². The highest BCUT2D eigenvalue weighted by Crippen LogP contribution is 2.71. The molecule has 1 aromatic rings. The molecule has 44 heavy (non-hydrogen) atoms. The predicted octanol–water partition coefficient (Wildman–Crippen LogP) is 7.52. The van der Waals surface area contributed by atoms with Gasteiger partial charge in [-0.1, -0.05) is 69.3 Å². The first-order valence-corrected chi connectivity index (χ1v) is 16.7. The largest absolute Gasteiger partial charge is 0.393 e. The van der Waals surface area contributed by atoms with E-state index in [4.69, 9.17) is 16.4 Å². The summed E-state index contributed by atoms with van der Waals surface area (Å²) in [7, 11) is 0. The van der Waals surface area contributed by atoms with Crippen molar-refractivity contribution in [2.24, 2.45) is 34.5 Å². The van der Waals surface area contributed by atoms with E-state index in [0.717, 1.165) is 5.56 Å². The van der Waals surface area contributed by atoms with E-state index in [1.807, 2.05) is 39.8 Å². The normalized spacial score (nSPS) is 39.4. The highest BCUT2D eigenvalue weighted by molar-refractivity contribution is 8.13. The van der Waals surface area contributed by atoms with E-state index in [9.17, 15) is 27.9 Å². The molecule has 1 heterocycles. The first-order valence-electron chi connectivity index (χ1n) is 15.4. The number of allylic oxidation sites excluding steroid dienone is 4. The first kappa shape index (κ1) is 33.6. The number of aliphatic hydroxyl groups excluding tert-OH is 1. The number of hydrogen-bond donors (Lipinski definition) is 1. The summed E-state index contributed by atoms with van der Waals surface area (Å²) in [5.74, 6) is -1.93. The number of hydrogen-bond acceptors (Lipinski definition) is 6. The molecule has 1 aliphatic heterocycles. The Hall–Kier alpha value is -1.72. The number of hydroxylamine groups is 2. The monoisotopic (exact) mass is 657 g/mol. The van der Waals surface area contributed by atoms with Crippen LogP contribution in [0.15, 0.2) is 48.1 Å². The molecule has 11 heteroatoms. The van der Waals surface area contributed by atoms with Crippen LogP contribution in [0, 0.1) is 34.5 Å². The molecule has 1 saturated heterocycles. The fraction of sp³-hybridized carbons (Fsp3) is 0.636.